The molecule has 1 unspecified atom stereocenters. The summed E-state index contributed by atoms with van der Waals surface area (Å²) in [5.41, 5.74) is 0. The average Bonchev–Trinajstić information content (AvgIpc) is 3.06. The summed E-state index contributed by atoms with van der Waals surface area (Å²) in [5, 5.41) is 7.64. The topological polar surface area (TPSA) is 50.2 Å². The number of nitrogens with zero attached hydrogens (tertiary/aromatic N) is 3. The van der Waals surface area contributed by atoms with Crippen molar-refractivity contribution in [1.82, 2.24) is 20.0 Å². The van der Waals surface area contributed by atoms with Crippen LogP contribution in [0.15, 0.2) is 18.5 Å². The molecule has 104 valence electrons. The number of carbonyl (C=O) groups excluding carboxylic acids is 1. The zero-order valence-corrected chi connectivity index (χ0v) is 11.5. The van der Waals surface area contributed by atoms with E-state index >= 15 is 0 Å². The Morgan fingerprint density at radius 3 is 2.58 bits per heavy atom. The molecule has 1 aromatic rings. The van der Waals surface area contributed by atoms with Crippen molar-refractivity contribution < 1.29 is 4.79 Å². The smallest absolute Gasteiger partial charge is 0.247 e. The SMILES string of the molecule is CC(C(=O)N1CC[C@@H]2CNC[C@@H]2CC1)n1cccn1. The van der Waals surface area contributed by atoms with Gasteiger partial charge in [0.1, 0.15) is 6.04 Å². The van der Waals surface area contributed by atoms with Crippen LogP contribution in [0.4, 0.5) is 0 Å². The Hall–Kier alpha value is -1.36. The Morgan fingerprint density at radius 1 is 1.32 bits per heavy atom. The highest BCUT2D eigenvalue weighted by molar-refractivity contribution is 5.80. The first-order valence-electron chi connectivity index (χ1n) is 7.24. The van der Waals surface area contributed by atoms with E-state index in [1.165, 1.54) is 0 Å². The molecule has 2 aliphatic heterocycles. The minimum Gasteiger partial charge on any atom is -0.341 e. The molecule has 0 spiro atoms. The van der Waals surface area contributed by atoms with Gasteiger partial charge in [-0.3, -0.25) is 9.48 Å². The van der Waals surface area contributed by atoms with Gasteiger partial charge < -0.3 is 10.2 Å². The lowest BCUT2D eigenvalue weighted by molar-refractivity contribution is -0.134. The number of fused-ring (bicyclic) bond motifs is 1. The molecule has 3 rings (SSSR count). The van der Waals surface area contributed by atoms with Gasteiger partial charge in [-0.2, -0.15) is 5.10 Å². The molecule has 1 amide bonds. The molecule has 2 fully saturated rings. The monoisotopic (exact) mass is 262 g/mol. The minimum absolute atomic E-state index is 0.189. The average molecular weight is 262 g/mol. The summed E-state index contributed by atoms with van der Waals surface area (Å²) >= 11 is 0. The van der Waals surface area contributed by atoms with Crippen molar-refractivity contribution in [3.05, 3.63) is 18.5 Å². The molecule has 0 bridgehead atoms. The van der Waals surface area contributed by atoms with E-state index in [1.807, 2.05) is 24.1 Å². The van der Waals surface area contributed by atoms with Gasteiger partial charge in [0.2, 0.25) is 5.91 Å². The fourth-order valence-electron chi connectivity index (χ4n) is 3.33. The van der Waals surface area contributed by atoms with Gasteiger partial charge in [0, 0.05) is 25.5 Å². The summed E-state index contributed by atoms with van der Waals surface area (Å²) in [7, 11) is 0. The second kappa shape index (κ2) is 5.33. The van der Waals surface area contributed by atoms with E-state index in [-0.39, 0.29) is 11.9 Å². The highest BCUT2D eigenvalue weighted by Gasteiger charge is 2.32. The van der Waals surface area contributed by atoms with E-state index in [0.29, 0.717) is 0 Å². The lowest BCUT2D eigenvalue weighted by Gasteiger charge is -2.24. The fourth-order valence-corrected chi connectivity index (χ4v) is 3.33. The van der Waals surface area contributed by atoms with Gasteiger partial charge in [0.15, 0.2) is 0 Å². The van der Waals surface area contributed by atoms with Crippen LogP contribution in [0, 0.1) is 11.8 Å². The van der Waals surface area contributed by atoms with Crippen LogP contribution in [0.1, 0.15) is 25.8 Å². The largest absolute Gasteiger partial charge is 0.341 e. The number of nitrogens with one attached hydrogen (secondary N) is 1. The van der Waals surface area contributed by atoms with Crippen LogP contribution < -0.4 is 5.32 Å². The van der Waals surface area contributed by atoms with E-state index in [2.05, 4.69) is 10.4 Å². The molecule has 2 aliphatic rings. The third-order valence-electron chi connectivity index (χ3n) is 4.61. The second-order valence-electron chi connectivity index (χ2n) is 5.74. The molecule has 5 nitrogen and oxygen atoms in total. The second-order valence-corrected chi connectivity index (χ2v) is 5.74. The van der Waals surface area contributed by atoms with Gasteiger partial charge >= 0.3 is 0 Å². The molecular formula is C14H22N4O. The summed E-state index contributed by atoms with van der Waals surface area (Å²) in [6.45, 7) is 5.98. The first-order valence-corrected chi connectivity index (χ1v) is 7.24. The minimum atomic E-state index is -0.189. The van der Waals surface area contributed by atoms with Crippen LogP contribution in [0.5, 0.6) is 0 Å². The van der Waals surface area contributed by atoms with Gasteiger partial charge in [-0.05, 0) is 50.8 Å². The Kier molecular flexibility index (Phi) is 3.55. The summed E-state index contributed by atoms with van der Waals surface area (Å²) in [6, 6.07) is 1.67. The van der Waals surface area contributed by atoms with Crippen LogP contribution in [-0.2, 0) is 4.79 Å². The number of likely N-dealkylation sites (tertiary alicyclic amines) is 1. The highest BCUT2D eigenvalue weighted by Crippen LogP contribution is 2.27. The first-order chi connectivity index (χ1) is 9.25. The summed E-state index contributed by atoms with van der Waals surface area (Å²) in [4.78, 5) is 14.6. The van der Waals surface area contributed by atoms with Crippen molar-refractivity contribution in [2.24, 2.45) is 11.8 Å². The van der Waals surface area contributed by atoms with Crippen LogP contribution in [-0.4, -0.2) is 46.8 Å². The zero-order chi connectivity index (χ0) is 13.2. The van der Waals surface area contributed by atoms with Gasteiger partial charge in [-0.25, -0.2) is 0 Å². The van der Waals surface area contributed by atoms with E-state index in [0.717, 1.165) is 50.9 Å². The molecule has 5 heteroatoms. The predicted octanol–water partition coefficient (Wildman–Crippen LogP) is 0.902. The number of aromatic nitrogens is 2. The van der Waals surface area contributed by atoms with Crippen molar-refractivity contribution in [3.8, 4) is 0 Å². The molecule has 1 N–H and O–H groups in total. The molecule has 0 aromatic carbocycles. The van der Waals surface area contributed by atoms with Crippen molar-refractivity contribution in [2.45, 2.75) is 25.8 Å². The number of hydrogen-bond acceptors (Lipinski definition) is 3. The summed E-state index contributed by atoms with van der Waals surface area (Å²) in [6.07, 6.45) is 5.85. The predicted molar refractivity (Wildman–Crippen MR) is 72.6 cm³/mol. The van der Waals surface area contributed by atoms with E-state index < -0.39 is 0 Å². The third-order valence-corrected chi connectivity index (χ3v) is 4.61. The molecule has 0 saturated carbocycles. The lowest BCUT2D eigenvalue weighted by Crippen LogP contribution is -2.37. The normalized spacial score (nSPS) is 28.8. The van der Waals surface area contributed by atoms with Crippen molar-refractivity contribution in [3.63, 3.8) is 0 Å². The van der Waals surface area contributed by atoms with Crippen molar-refractivity contribution >= 4 is 5.91 Å². The zero-order valence-electron chi connectivity index (χ0n) is 11.5. The van der Waals surface area contributed by atoms with E-state index in [4.69, 9.17) is 0 Å². The quantitative estimate of drug-likeness (QED) is 0.861. The molecule has 0 radical (unpaired) electrons. The van der Waals surface area contributed by atoms with Gasteiger partial charge in [-0.15, -0.1) is 0 Å². The Labute approximate surface area is 114 Å². The lowest BCUT2D eigenvalue weighted by atomic mass is 9.92. The summed E-state index contributed by atoms with van der Waals surface area (Å²) in [5.74, 6) is 1.73. The maximum atomic E-state index is 12.5. The maximum Gasteiger partial charge on any atom is 0.247 e. The number of carbonyl (C=O) groups is 1. The van der Waals surface area contributed by atoms with Gasteiger partial charge in [0.05, 0.1) is 0 Å². The fraction of sp³-hybridized carbons (Fsp3) is 0.714. The number of amides is 1. The molecule has 0 aliphatic carbocycles. The van der Waals surface area contributed by atoms with Crippen LogP contribution in [0.25, 0.3) is 0 Å². The van der Waals surface area contributed by atoms with Crippen LogP contribution in [0.3, 0.4) is 0 Å². The molecule has 19 heavy (non-hydrogen) atoms. The molecule has 3 heterocycles. The highest BCUT2D eigenvalue weighted by atomic mass is 16.2. The molecule has 3 atom stereocenters. The Bertz CT molecular complexity index is 417. The Morgan fingerprint density at radius 2 is 2.00 bits per heavy atom. The van der Waals surface area contributed by atoms with Crippen LogP contribution in [0.2, 0.25) is 0 Å². The molecular weight excluding hydrogens is 240 g/mol. The summed E-state index contributed by atoms with van der Waals surface area (Å²) < 4.78 is 1.75. The number of rotatable bonds is 2. The first kappa shape index (κ1) is 12.7. The van der Waals surface area contributed by atoms with E-state index in [9.17, 15) is 4.79 Å². The third kappa shape index (κ3) is 2.52. The number of hydrogen-bond donors (Lipinski definition) is 1. The maximum absolute atomic E-state index is 12.5. The van der Waals surface area contributed by atoms with Gasteiger partial charge in [0.25, 0.3) is 0 Å². The standard InChI is InChI=1S/C14H22N4O/c1-11(18-6-2-5-16-18)14(19)17-7-3-12-9-15-10-13(12)4-8-17/h2,5-6,11-13,15H,3-4,7-10H2,1H3/t11?,12-,13+. The van der Waals surface area contributed by atoms with Gasteiger partial charge in [-0.1, -0.05) is 0 Å². The van der Waals surface area contributed by atoms with Crippen molar-refractivity contribution in [2.75, 3.05) is 26.2 Å². The molecule has 1 aromatic heterocycles. The van der Waals surface area contributed by atoms with Crippen LogP contribution >= 0.6 is 0 Å². The molecule has 2 saturated heterocycles. The Balaban J connectivity index is 1.64. The van der Waals surface area contributed by atoms with E-state index in [1.54, 1.807) is 10.9 Å². The van der Waals surface area contributed by atoms with Crippen molar-refractivity contribution in [1.29, 1.82) is 0 Å².